The van der Waals surface area contributed by atoms with Gasteiger partial charge in [0.25, 0.3) is 0 Å². The number of hydrogen-bond donors (Lipinski definition) is 0. The van der Waals surface area contributed by atoms with E-state index in [0.29, 0.717) is 25.4 Å². The van der Waals surface area contributed by atoms with Crippen LogP contribution >= 0.6 is 0 Å². The summed E-state index contributed by atoms with van der Waals surface area (Å²) in [4.78, 5) is 0. The molecule has 98 valence electrons. The maximum atomic E-state index is 8.81. The first-order chi connectivity index (χ1) is 8.72. The number of hydrogen-bond acceptors (Lipinski definition) is 4. The lowest BCUT2D eigenvalue weighted by molar-refractivity contribution is 0.0859. The first-order valence-corrected chi connectivity index (χ1v) is 7.87. The minimum Gasteiger partial charge on any atom is -0.370 e. The van der Waals surface area contributed by atoms with Gasteiger partial charge in [-0.25, -0.2) is 0 Å². The SMILES string of the molecule is CCO[Si](OCC)(OCC)c1ccc(C#N)cc1. The highest BCUT2D eigenvalue weighted by Gasteiger charge is 2.43. The Morgan fingerprint density at radius 2 is 1.39 bits per heavy atom. The molecule has 0 amide bonds. The Labute approximate surface area is 109 Å². The quantitative estimate of drug-likeness (QED) is 0.706. The van der Waals surface area contributed by atoms with Gasteiger partial charge in [0.1, 0.15) is 0 Å². The number of rotatable bonds is 7. The van der Waals surface area contributed by atoms with Gasteiger partial charge in [-0.1, -0.05) is 12.1 Å². The monoisotopic (exact) mass is 265 g/mol. The fourth-order valence-electron chi connectivity index (χ4n) is 1.69. The van der Waals surface area contributed by atoms with E-state index in [9.17, 15) is 0 Å². The van der Waals surface area contributed by atoms with Gasteiger partial charge in [-0.2, -0.15) is 5.26 Å². The Hall–Kier alpha value is -1.19. The Kier molecular flexibility index (Phi) is 6.02. The van der Waals surface area contributed by atoms with E-state index in [-0.39, 0.29) is 0 Å². The van der Waals surface area contributed by atoms with Crippen molar-refractivity contribution in [3.63, 3.8) is 0 Å². The first-order valence-electron chi connectivity index (χ1n) is 6.14. The highest BCUT2D eigenvalue weighted by atomic mass is 28.4. The molecule has 0 saturated carbocycles. The van der Waals surface area contributed by atoms with Crippen LogP contribution in [0.1, 0.15) is 26.3 Å². The lowest BCUT2D eigenvalue weighted by atomic mass is 10.2. The third-order valence-corrected chi connectivity index (χ3v) is 5.42. The maximum Gasteiger partial charge on any atom is 0.537 e. The zero-order valence-electron chi connectivity index (χ0n) is 11.1. The number of benzene rings is 1. The van der Waals surface area contributed by atoms with Crippen molar-refractivity contribution in [2.24, 2.45) is 0 Å². The second kappa shape index (κ2) is 7.29. The van der Waals surface area contributed by atoms with Crippen molar-refractivity contribution in [3.05, 3.63) is 29.8 Å². The van der Waals surface area contributed by atoms with Gasteiger partial charge in [0.15, 0.2) is 0 Å². The minimum atomic E-state index is -2.82. The van der Waals surface area contributed by atoms with Crippen molar-refractivity contribution in [1.82, 2.24) is 0 Å². The second-order valence-electron chi connectivity index (χ2n) is 3.54. The van der Waals surface area contributed by atoms with Crippen molar-refractivity contribution < 1.29 is 13.3 Å². The molecule has 0 saturated heterocycles. The molecule has 5 heteroatoms. The van der Waals surface area contributed by atoms with Crippen LogP contribution in [-0.2, 0) is 13.3 Å². The fraction of sp³-hybridized carbons (Fsp3) is 0.462. The molecule has 0 aliphatic carbocycles. The summed E-state index contributed by atoms with van der Waals surface area (Å²) in [5.41, 5.74) is 0.617. The molecule has 18 heavy (non-hydrogen) atoms. The summed E-state index contributed by atoms with van der Waals surface area (Å²) in [6, 6.07) is 9.32. The highest BCUT2D eigenvalue weighted by molar-refractivity contribution is 6.75. The van der Waals surface area contributed by atoms with Gasteiger partial charge >= 0.3 is 8.80 Å². The molecule has 0 aliphatic rings. The third kappa shape index (κ3) is 3.40. The van der Waals surface area contributed by atoms with Crippen LogP contribution in [0.4, 0.5) is 0 Å². The van der Waals surface area contributed by atoms with E-state index in [1.165, 1.54) is 0 Å². The largest absolute Gasteiger partial charge is 0.537 e. The standard InChI is InChI=1S/C13H19NO3Si/c1-4-15-18(16-5-2,17-6-3)13-9-7-12(11-14)8-10-13/h7-10H,4-6H2,1-3H3. The normalized spacial score (nSPS) is 11.2. The molecule has 1 aromatic rings. The highest BCUT2D eigenvalue weighted by Crippen LogP contribution is 2.11. The smallest absolute Gasteiger partial charge is 0.370 e. The molecule has 0 aromatic heterocycles. The fourth-order valence-corrected chi connectivity index (χ4v) is 4.16. The summed E-state index contributed by atoms with van der Waals surface area (Å²) < 4.78 is 17.3. The average Bonchev–Trinajstić information content (AvgIpc) is 2.39. The van der Waals surface area contributed by atoms with Gasteiger partial charge in [-0.3, -0.25) is 0 Å². The van der Waals surface area contributed by atoms with Crippen molar-refractivity contribution in [3.8, 4) is 6.07 Å². The van der Waals surface area contributed by atoms with Crippen LogP contribution in [0.3, 0.4) is 0 Å². The van der Waals surface area contributed by atoms with Gasteiger partial charge < -0.3 is 13.3 Å². The van der Waals surface area contributed by atoms with Crippen LogP contribution in [0.15, 0.2) is 24.3 Å². The van der Waals surface area contributed by atoms with Crippen LogP contribution in [0, 0.1) is 11.3 Å². The Bertz CT molecular complexity index is 383. The zero-order chi connectivity index (χ0) is 13.4. The Balaban J connectivity index is 3.09. The topological polar surface area (TPSA) is 51.5 Å². The number of nitriles is 1. The summed E-state index contributed by atoms with van der Waals surface area (Å²) in [7, 11) is -2.82. The molecular weight excluding hydrogens is 246 g/mol. The molecule has 0 spiro atoms. The molecule has 0 unspecified atom stereocenters. The molecule has 0 atom stereocenters. The van der Waals surface area contributed by atoms with Crippen molar-refractivity contribution in [2.75, 3.05) is 19.8 Å². The summed E-state index contributed by atoms with van der Waals surface area (Å²) in [6.45, 7) is 7.36. The van der Waals surface area contributed by atoms with E-state index < -0.39 is 8.80 Å². The Morgan fingerprint density at radius 3 is 1.72 bits per heavy atom. The van der Waals surface area contributed by atoms with Crippen LogP contribution in [0.5, 0.6) is 0 Å². The van der Waals surface area contributed by atoms with Gasteiger partial charge in [-0.15, -0.1) is 0 Å². The zero-order valence-corrected chi connectivity index (χ0v) is 12.1. The molecule has 1 aromatic carbocycles. The molecule has 0 radical (unpaired) electrons. The summed E-state index contributed by atoms with van der Waals surface area (Å²) >= 11 is 0. The molecule has 0 heterocycles. The van der Waals surface area contributed by atoms with E-state index in [4.69, 9.17) is 18.5 Å². The van der Waals surface area contributed by atoms with E-state index >= 15 is 0 Å². The summed E-state index contributed by atoms with van der Waals surface area (Å²) in [5.74, 6) is 0. The molecular formula is C13H19NO3Si. The third-order valence-electron chi connectivity index (χ3n) is 2.37. The van der Waals surface area contributed by atoms with Crippen LogP contribution in [0.2, 0.25) is 0 Å². The van der Waals surface area contributed by atoms with E-state index in [0.717, 1.165) is 5.19 Å². The molecule has 0 aliphatic heterocycles. The average molecular weight is 265 g/mol. The van der Waals surface area contributed by atoms with Crippen molar-refractivity contribution in [2.45, 2.75) is 20.8 Å². The maximum absolute atomic E-state index is 8.81. The predicted molar refractivity (Wildman–Crippen MR) is 71.4 cm³/mol. The predicted octanol–water partition coefficient (Wildman–Crippen LogP) is 1.81. The van der Waals surface area contributed by atoms with Gasteiger partial charge in [0, 0.05) is 25.0 Å². The number of nitrogens with zero attached hydrogens (tertiary/aromatic N) is 1. The van der Waals surface area contributed by atoms with Gasteiger partial charge in [-0.05, 0) is 32.9 Å². The first kappa shape index (κ1) is 14.9. The second-order valence-corrected chi connectivity index (χ2v) is 6.10. The van der Waals surface area contributed by atoms with Crippen molar-refractivity contribution in [1.29, 1.82) is 5.26 Å². The van der Waals surface area contributed by atoms with Gasteiger partial charge in [0.2, 0.25) is 0 Å². The van der Waals surface area contributed by atoms with Crippen LogP contribution in [0.25, 0.3) is 0 Å². The molecule has 1 rings (SSSR count). The lowest BCUT2D eigenvalue weighted by Gasteiger charge is -2.28. The van der Waals surface area contributed by atoms with E-state index in [2.05, 4.69) is 6.07 Å². The van der Waals surface area contributed by atoms with Crippen molar-refractivity contribution >= 4 is 14.0 Å². The van der Waals surface area contributed by atoms with Crippen LogP contribution < -0.4 is 5.19 Å². The Morgan fingerprint density at radius 1 is 0.944 bits per heavy atom. The van der Waals surface area contributed by atoms with E-state index in [1.54, 1.807) is 12.1 Å². The molecule has 0 bridgehead atoms. The van der Waals surface area contributed by atoms with Crippen LogP contribution in [-0.4, -0.2) is 28.6 Å². The van der Waals surface area contributed by atoms with Gasteiger partial charge in [0.05, 0.1) is 11.6 Å². The lowest BCUT2D eigenvalue weighted by Crippen LogP contribution is -2.56. The minimum absolute atomic E-state index is 0.534. The van der Waals surface area contributed by atoms with E-state index in [1.807, 2.05) is 32.9 Å². The molecule has 4 nitrogen and oxygen atoms in total. The molecule has 0 fully saturated rings. The summed E-state index contributed by atoms with van der Waals surface area (Å²) in [6.07, 6.45) is 0. The molecule has 0 N–H and O–H groups in total. The summed E-state index contributed by atoms with van der Waals surface area (Å²) in [5, 5.41) is 9.70.